The number of benzene rings is 1. The highest BCUT2D eigenvalue weighted by Gasteiger charge is 2.24. The van der Waals surface area contributed by atoms with E-state index in [0.29, 0.717) is 24.8 Å². The Labute approximate surface area is 158 Å². The van der Waals surface area contributed by atoms with Gasteiger partial charge in [0.25, 0.3) is 0 Å². The van der Waals surface area contributed by atoms with Crippen molar-refractivity contribution < 1.29 is 9.47 Å². The first kappa shape index (κ1) is 18.5. The lowest BCUT2D eigenvalue weighted by molar-refractivity contribution is -0.00805. The van der Waals surface area contributed by atoms with Gasteiger partial charge in [0.15, 0.2) is 5.96 Å². The molecule has 1 saturated heterocycles. The Morgan fingerprint density at radius 1 is 1.42 bits per heavy atom. The summed E-state index contributed by atoms with van der Waals surface area (Å²) in [7, 11) is 3.70. The van der Waals surface area contributed by atoms with Gasteiger partial charge in [-0.2, -0.15) is 5.10 Å². The quantitative estimate of drug-likeness (QED) is 0.491. The van der Waals surface area contributed by atoms with Crippen molar-refractivity contribution in [1.82, 2.24) is 20.0 Å². The van der Waals surface area contributed by atoms with Crippen molar-refractivity contribution in [2.75, 3.05) is 39.9 Å². The number of rotatable bonds is 5. The second-order valence-corrected chi connectivity index (χ2v) is 6.47. The number of hydrogen-bond acceptors (Lipinski definition) is 4. The Hall–Kier alpha value is -2.25. The van der Waals surface area contributed by atoms with Crippen LogP contribution in [0.1, 0.15) is 11.7 Å². The van der Waals surface area contributed by atoms with Gasteiger partial charge in [0.05, 0.1) is 25.9 Å². The van der Waals surface area contributed by atoms with Crippen LogP contribution in [0.25, 0.3) is 0 Å². The number of halogens is 1. The van der Waals surface area contributed by atoms with E-state index >= 15 is 0 Å². The number of ether oxygens (including phenoxy) is 2. The van der Waals surface area contributed by atoms with Crippen molar-refractivity contribution >= 4 is 17.6 Å². The number of aryl methyl sites for hydroxylation is 1. The summed E-state index contributed by atoms with van der Waals surface area (Å²) in [5.74, 6) is 1.65. The van der Waals surface area contributed by atoms with E-state index in [-0.39, 0.29) is 6.10 Å². The van der Waals surface area contributed by atoms with Crippen LogP contribution in [0.5, 0.6) is 5.75 Å². The summed E-state index contributed by atoms with van der Waals surface area (Å²) < 4.78 is 13.4. The molecule has 0 aliphatic carbocycles. The Morgan fingerprint density at radius 2 is 2.23 bits per heavy atom. The van der Waals surface area contributed by atoms with E-state index in [1.807, 2.05) is 43.7 Å². The van der Waals surface area contributed by atoms with Gasteiger partial charge >= 0.3 is 0 Å². The molecule has 7 nitrogen and oxygen atoms in total. The minimum Gasteiger partial charge on any atom is -0.492 e. The van der Waals surface area contributed by atoms with Crippen molar-refractivity contribution in [2.24, 2.45) is 12.0 Å². The first-order chi connectivity index (χ1) is 12.7. The van der Waals surface area contributed by atoms with E-state index in [1.165, 1.54) is 0 Å². The molecule has 1 aromatic heterocycles. The van der Waals surface area contributed by atoms with Crippen LogP contribution in [-0.4, -0.2) is 60.5 Å². The number of hydrogen-bond donors (Lipinski definition) is 1. The number of nitrogens with one attached hydrogen (secondary N) is 1. The molecule has 3 rings (SSSR count). The highest BCUT2D eigenvalue weighted by molar-refractivity contribution is 6.30. The van der Waals surface area contributed by atoms with Crippen molar-refractivity contribution in [3.8, 4) is 5.75 Å². The molecule has 0 radical (unpaired) electrons. The van der Waals surface area contributed by atoms with E-state index in [1.54, 1.807) is 11.7 Å². The Balaban J connectivity index is 1.48. The molecule has 1 fully saturated rings. The molecule has 1 unspecified atom stereocenters. The van der Waals surface area contributed by atoms with Crippen LogP contribution >= 0.6 is 11.6 Å². The third-order valence-electron chi connectivity index (χ3n) is 4.14. The lowest BCUT2D eigenvalue weighted by atomic mass is 10.1. The molecule has 0 saturated carbocycles. The van der Waals surface area contributed by atoms with E-state index in [4.69, 9.17) is 21.1 Å². The maximum absolute atomic E-state index is 5.88. The predicted molar refractivity (Wildman–Crippen MR) is 102 cm³/mol. The van der Waals surface area contributed by atoms with Gasteiger partial charge in [0.2, 0.25) is 0 Å². The molecular weight excluding hydrogens is 354 g/mol. The summed E-state index contributed by atoms with van der Waals surface area (Å²) in [5, 5.41) is 8.27. The first-order valence-electron chi connectivity index (χ1n) is 8.60. The molecular formula is C18H24ClN5O2. The summed E-state index contributed by atoms with van der Waals surface area (Å²) in [6.45, 7) is 3.39. The minimum absolute atomic E-state index is 0.00122. The van der Waals surface area contributed by atoms with Gasteiger partial charge in [0.1, 0.15) is 18.5 Å². The fourth-order valence-corrected chi connectivity index (χ4v) is 2.97. The molecule has 0 amide bonds. The zero-order valence-corrected chi connectivity index (χ0v) is 15.8. The van der Waals surface area contributed by atoms with Crippen LogP contribution in [0, 0.1) is 0 Å². The topological polar surface area (TPSA) is 63.9 Å². The fourth-order valence-electron chi connectivity index (χ4n) is 2.84. The summed E-state index contributed by atoms with van der Waals surface area (Å²) >= 11 is 5.87. The Kier molecular flexibility index (Phi) is 6.35. The van der Waals surface area contributed by atoms with E-state index < -0.39 is 0 Å². The van der Waals surface area contributed by atoms with Crippen LogP contribution in [-0.2, 0) is 11.8 Å². The predicted octanol–water partition coefficient (Wildman–Crippen LogP) is 2.10. The van der Waals surface area contributed by atoms with Crippen LogP contribution in [0.2, 0.25) is 5.02 Å². The van der Waals surface area contributed by atoms with Crippen molar-refractivity contribution in [3.05, 3.63) is 47.2 Å². The zero-order chi connectivity index (χ0) is 18.4. The van der Waals surface area contributed by atoms with Crippen LogP contribution in [0.15, 0.2) is 41.7 Å². The zero-order valence-electron chi connectivity index (χ0n) is 15.1. The molecule has 1 atom stereocenters. The molecule has 0 spiro atoms. The minimum atomic E-state index is 0.00122. The molecule has 1 aromatic carbocycles. The van der Waals surface area contributed by atoms with Crippen molar-refractivity contribution in [1.29, 1.82) is 0 Å². The van der Waals surface area contributed by atoms with Crippen molar-refractivity contribution in [3.63, 3.8) is 0 Å². The van der Waals surface area contributed by atoms with E-state index in [2.05, 4.69) is 20.3 Å². The summed E-state index contributed by atoms with van der Waals surface area (Å²) in [5.41, 5.74) is 1.08. The lowest BCUT2D eigenvalue weighted by Crippen LogP contribution is -2.48. The molecule has 8 heteroatoms. The number of guanidine groups is 1. The van der Waals surface area contributed by atoms with E-state index in [9.17, 15) is 0 Å². The standard InChI is InChI=1S/C18H24ClN5O2/c1-20-18(21-7-9-25-16-5-3-15(19)4-6-16)24-8-10-26-17(13-24)14-11-22-23(2)12-14/h3-6,11-12,17H,7-10,13H2,1-2H3,(H,20,21). The average Bonchev–Trinajstić information content (AvgIpc) is 3.10. The maximum Gasteiger partial charge on any atom is 0.193 e. The molecule has 140 valence electrons. The Bertz CT molecular complexity index is 731. The fraction of sp³-hybridized carbons (Fsp3) is 0.444. The van der Waals surface area contributed by atoms with Gasteiger partial charge in [-0.05, 0) is 24.3 Å². The summed E-state index contributed by atoms with van der Waals surface area (Å²) in [6.07, 6.45) is 3.84. The van der Waals surface area contributed by atoms with Gasteiger partial charge in [-0.15, -0.1) is 0 Å². The molecule has 2 heterocycles. The SMILES string of the molecule is CN=C(NCCOc1ccc(Cl)cc1)N1CCOC(c2cnn(C)c2)C1. The number of morpholine rings is 1. The third kappa shape index (κ3) is 4.89. The van der Waals surface area contributed by atoms with Gasteiger partial charge < -0.3 is 19.7 Å². The van der Waals surface area contributed by atoms with Gasteiger partial charge in [-0.3, -0.25) is 9.67 Å². The molecule has 0 bridgehead atoms. The number of aromatic nitrogens is 2. The van der Waals surface area contributed by atoms with Gasteiger partial charge in [0, 0.05) is 37.4 Å². The summed E-state index contributed by atoms with van der Waals surface area (Å²) in [6, 6.07) is 7.35. The number of aliphatic imine (C=N–C) groups is 1. The van der Waals surface area contributed by atoms with Crippen molar-refractivity contribution in [2.45, 2.75) is 6.10 Å². The molecule has 1 N–H and O–H groups in total. The molecule has 1 aliphatic heterocycles. The maximum atomic E-state index is 5.88. The monoisotopic (exact) mass is 377 g/mol. The normalized spacial score (nSPS) is 18.0. The molecule has 26 heavy (non-hydrogen) atoms. The van der Waals surface area contributed by atoms with Crippen LogP contribution in [0.3, 0.4) is 0 Å². The highest BCUT2D eigenvalue weighted by atomic mass is 35.5. The number of nitrogens with zero attached hydrogens (tertiary/aromatic N) is 4. The largest absolute Gasteiger partial charge is 0.492 e. The Morgan fingerprint density at radius 3 is 2.92 bits per heavy atom. The van der Waals surface area contributed by atoms with Crippen LogP contribution in [0.4, 0.5) is 0 Å². The molecule has 1 aliphatic rings. The smallest absolute Gasteiger partial charge is 0.193 e. The first-order valence-corrected chi connectivity index (χ1v) is 8.97. The summed E-state index contributed by atoms with van der Waals surface area (Å²) in [4.78, 5) is 6.58. The second-order valence-electron chi connectivity index (χ2n) is 6.03. The van der Waals surface area contributed by atoms with E-state index in [0.717, 1.165) is 30.4 Å². The lowest BCUT2D eigenvalue weighted by Gasteiger charge is -2.34. The van der Waals surface area contributed by atoms with Crippen LogP contribution < -0.4 is 10.1 Å². The third-order valence-corrected chi connectivity index (χ3v) is 4.39. The van der Waals surface area contributed by atoms with Gasteiger partial charge in [-0.25, -0.2) is 0 Å². The highest BCUT2D eigenvalue weighted by Crippen LogP contribution is 2.21. The van der Waals surface area contributed by atoms with Gasteiger partial charge in [-0.1, -0.05) is 11.6 Å². The second kappa shape index (κ2) is 8.91. The molecule has 2 aromatic rings. The average molecular weight is 378 g/mol.